The number of aliphatic hydroxyl groups is 1. The summed E-state index contributed by atoms with van der Waals surface area (Å²) in [7, 11) is 0. The maximum atomic E-state index is 10.6. The summed E-state index contributed by atoms with van der Waals surface area (Å²) in [5.74, 6) is -0.812. The van der Waals surface area contributed by atoms with Gasteiger partial charge in [-0.1, -0.05) is 0 Å². The summed E-state index contributed by atoms with van der Waals surface area (Å²) in [4.78, 5) is 10.6. The highest BCUT2D eigenvalue weighted by atomic mass is 16.3. The molecule has 0 bridgehead atoms. The summed E-state index contributed by atoms with van der Waals surface area (Å²) in [6, 6.07) is 0. The van der Waals surface area contributed by atoms with Gasteiger partial charge in [-0.05, 0) is 13.0 Å². The van der Waals surface area contributed by atoms with Crippen LogP contribution in [0.5, 0.6) is 0 Å². The quantitative estimate of drug-likeness (QED) is 0.416. The van der Waals surface area contributed by atoms with E-state index in [0.29, 0.717) is 13.0 Å². The van der Waals surface area contributed by atoms with Gasteiger partial charge in [-0.2, -0.15) is 0 Å². The highest BCUT2D eigenvalue weighted by molar-refractivity contribution is 5.77. The van der Waals surface area contributed by atoms with E-state index in [1.165, 1.54) is 0 Å². The second kappa shape index (κ2) is 2.98. The van der Waals surface area contributed by atoms with Crippen molar-refractivity contribution < 1.29 is 9.90 Å². The number of primary amides is 1. The highest BCUT2D eigenvalue weighted by Gasteiger charge is 2.26. The van der Waals surface area contributed by atoms with E-state index >= 15 is 0 Å². The Bertz CT molecular complexity index is 138. The predicted octanol–water partition coefficient (Wildman–Crippen LogP) is -1.56. The van der Waals surface area contributed by atoms with Gasteiger partial charge >= 0.3 is 0 Å². The lowest BCUT2D eigenvalue weighted by atomic mass is 9.96. The number of carbonyl (C=O) groups excluding carboxylic acids is 1. The predicted molar refractivity (Wildman–Crippen MR) is 36.2 cm³/mol. The number of piperidine rings is 1. The van der Waals surface area contributed by atoms with E-state index in [1.54, 1.807) is 0 Å². The molecule has 1 heterocycles. The van der Waals surface area contributed by atoms with E-state index in [-0.39, 0.29) is 0 Å². The molecule has 58 valence electrons. The number of hydrogen-bond donors (Lipinski definition) is 3. The molecule has 10 heavy (non-hydrogen) atoms. The second-order valence-corrected chi connectivity index (χ2v) is 2.57. The van der Waals surface area contributed by atoms with Crippen molar-refractivity contribution in [1.29, 1.82) is 0 Å². The number of nitrogens with one attached hydrogen (secondary N) is 1. The summed E-state index contributed by atoms with van der Waals surface area (Å²) in [5, 5.41) is 12.2. The first kappa shape index (κ1) is 7.50. The Morgan fingerprint density at radius 3 is 2.80 bits per heavy atom. The number of hydrogen-bond acceptors (Lipinski definition) is 3. The largest absolute Gasteiger partial charge is 0.392 e. The third-order valence-electron chi connectivity index (χ3n) is 1.81. The van der Waals surface area contributed by atoms with E-state index < -0.39 is 17.9 Å². The van der Waals surface area contributed by atoms with Crippen LogP contribution in [0.25, 0.3) is 0 Å². The molecule has 2 atom stereocenters. The minimum atomic E-state index is -0.543. The Morgan fingerprint density at radius 1 is 1.70 bits per heavy atom. The molecule has 1 aliphatic rings. The smallest absolute Gasteiger partial charge is 0.224 e. The Labute approximate surface area is 59.4 Å². The fraction of sp³-hybridized carbons (Fsp3) is 0.833. The topological polar surface area (TPSA) is 75.4 Å². The molecule has 1 aliphatic heterocycles. The molecule has 1 rings (SSSR count). The number of aliphatic hydroxyl groups excluding tert-OH is 1. The first-order valence-electron chi connectivity index (χ1n) is 3.40. The summed E-state index contributed by atoms with van der Waals surface area (Å²) in [6.07, 6.45) is 0.0758. The molecule has 4 nitrogen and oxygen atoms in total. The van der Waals surface area contributed by atoms with Crippen molar-refractivity contribution in [3.63, 3.8) is 0 Å². The van der Waals surface area contributed by atoms with E-state index in [2.05, 4.69) is 5.32 Å². The zero-order valence-electron chi connectivity index (χ0n) is 5.71. The molecule has 0 aliphatic carbocycles. The first-order chi connectivity index (χ1) is 4.72. The molecule has 0 aromatic heterocycles. The maximum Gasteiger partial charge on any atom is 0.224 e. The van der Waals surface area contributed by atoms with Crippen LogP contribution in [0, 0.1) is 5.92 Å². The Hall–Kier alpha value is -0.610. The fourth-order valence-corrected chi connectivity index (χ4v) is 1.13. The molecule has 0 aromatic rings. The van der Waals surface area contributed by atoms with Crippen LogP contribution in [-0.4, -0.2) is 30.2 Å². The average molecular weight is 144 g/mol. The van der Waals surface area contributed by atoms with Crippen LogP contribution in [-0.2, 0) is 4.79 Å². The van der Waals surface area contributed by atoms with Crippen LogP contribution in [0.4, 0.5) is 0 Å². The molecule has 1 fully saturated rings. The maximum absolute atomic E-state index is 10.6. The van der Waals surface area contributed by atoms with Crippen LogP contribution in [0.1, 0.15) is 6.42 Å². The van der Waals surface area contributed by atoms with Crippen LogP contribution in [0.3, 0.4) is 0 Å². The summed E-state index contributed by atoms with van der Waals surface area (Å²) in [5.41, 5.74) is 5.02. The van der Waals surface area contributed by atoms with E-state index in [4.69, 9.17) is 5.73 Å². The van der Waals surface area contributed by atoms with Gasteiger partial charge in [-0.15, -0.1) is 0 Å². The lowest BCUT2D eigenvalue weighted by Crippen LogP contribution is -2.46. The Balaban J connectivity index is 2.47. The van der Waals surface area contributed by atoms with Crippen LogP contribution in [0.15, 0.2) is 0 Å². The molecule has 0 aromatic carbocycles. The van der Waals surface area contributed by atoms with Crippen molar-refractivity contribution in [2.24, 2.45) is 11.7 Å². The summed E-state index contributed by atoms with van der Waals surface area (Å²) < 4.78 is 0. The van der Waals surface area contributed by atoms with Gasteiger partial charge in [0.25, 0.3) is 0 Å². The molecule has 4 N–H and O–H groups in total. The van der Waals surface area contributed by atoms with Crippen molar-refractivity contribution in [3.05, 3.63) is 0 Å². The lowest BCUT2D eigenvalue weighted by molar-refractivity contribution is -0.126. The SMILES string of the molecule is NC(=O)C1CNCCC1O. The molecular weight excluding hydrogens is 132 g/mol. The third kappa shape index (κ3) is 1.46. The van der Waals surface area contributed by atoms with Crippen molar-refractivity contribution in [2.45, 2.75) is 12.5 Å². The molecule has 1 saturated heterocycles. The number of nitrogens with two attached hydrogens (primary N) is 1. The van der Waals surface area contributed by atoms with Gasteiger partial charge < -0.3 is 16.2 Å². The molecule has 1 amide bonds. The van der Waals surface area contributed by atoms with Gasteiger partial charge in [0.2, 0.25) is 5.91 Å². The van der Waals surface area contributed by atoms with Gasteiger partial charge in [0.05, 0.1) is 12.0 Å². The number of rotatable bonds is 1. The van der Waals surface area contributed by atoms with Gasteiger partial charge in [0, 0.05) is 6.54 Å². The monoisotopic (exact) mass is 144 g/mol. The van der Waals surface area contributed by atoms with Gasteiger partial charge in [-0.3, -0.25) is 4.79 Å². The number of carbonyl (C=O) groups is 1. The molecule has 0 saturated carbocycles. The van der Waals surface area contributed by atoms with E-state index in [9.17, 15) is 9.90 Å². The zero-order valence-corrected chi connectivity index (χ0v) is 5.71. The Morgan fingerprint density at radius 2 is 2.40 bits per heavy atom. The summed E-state index contributed by atoms with van der Waals surface area (Å²) in [6.45, 7) is 1.28. The molecule has 0 radical (unpaired) electrons. The van der Waals surface area contributed by atoms with Crippen molar-refractivity contribution in [3.8, 4) is 0 Å². The normalized spacial score (nSPS) is 33.7. The molecule has 2 unspecified atom stereocenters. The average Bonchev–Trinajstić information content (AvgIpc) is 1.88. The Kier molecular flexibility index (Phi) is 2.24. The fourth-order valence-electron chi connectivity index (χ4n) is 1.13. The van der Waals surface area contributed by atoms with E-state index in [1.807, 2.05) is 0 Å². The molecular formula is C6H12N2O2. The summed E-state index contributed by atoms with van der Waals surface area (Å²) >= 11 is 0. The third-order valence-corrected chi connectivity index (χ3v) is 1.81. The highest BCUT2D eigenvalue weighted by Crippen LogP contribution is 2.09. The lowest BCUT2D eigenvalue weighted by Gasteiger charge is -2.25. The van der Waals surface area contributed by atoms with E-state index in [0.717, 1.165) is 6.54 Å². The van der Waals surface area contributed by atoms with Gasteiger partial charge in [-0.25, -0.2) is 0 Å². The second-order valence-electron chi connectivity index (χ2n) is 2.57. The molecule has 4 heteroatoms. The van der Waals surface area contributed by atoms with Gasteiger partial charge in [0.1, 0.15) is 0 Å². The van der Waals surface area contributed by atoms with Crippen molar-refractivity contribution >= 4 is 5.91 Å². The van der Waals surface area contributed by atoms with Crippen molar-refractivity contribution in [2.75, 3.05) is 13.1 Å². The van der Waals surface area contributed by atoms with Crippen LogP contribution >= 0.6 is 0 Å². The van der Waals surface area contributed by atoms with Crippen molar-refractivity contribution in [1.82, 2.24) is 5.32 Å². The molecule has 0 spiro atoms. The van der Waals surface area contributed by atoms with Crippen LogP contribution < -0.4 is 11.1 Å². The zero-order chi connectivity index (χ0) is 7.56. The minimum absolute atomic E-state index is 0.395. The number of amides is 1. The minimum Gasteiger partial charge on any atom is -0.392 e. The standard InChI is InChI=1S/C6H12N2O2/c7-6(10)4-3-8-2-1-5(4)9/h4-5,8-9H,1-3H2,(H2,7,10). The van der Waals surface area contributed by atoms with Gasteiger partial charge in [0.15, 0.2) is 0 Å². The van der Waals surface area contributed by atoms with Crippen LogP contribution in [0.2, 0.25) is 0 Å². The first-order valence-corrected chi connectivity index (χ1v) is 3.40.